The number of benzene rings is 3. The van der Waals surface area contributed by atoms with Gasteiger partial charge in [-0.2, -0.15) is 0 Å². The summed E-state index contributed by atoms with van der Waals surface area (Å²) in [5, 5.41) is 2.00. The van der Waals surface area contributed by atoms with E-state index in [1.165, 1.54) is 0 Å². The number of methoxy groups -OCH3 is 1. The van der Waals surface area contributed by atoms with Crippen molar-refractivity contribution in [3.8, 4) is 28.4 Å². The number of esters is 1. The van der Waals surface area contributed by atoms with Crippen LogP contribution >= 0.6 is 0 Å². The van der Waals surface area contributed by atoms with Crippen molar-refractivity contribution in [3.63, 3.8) is 0 Å². The predicted octanol–water partition coefficient (Wildman–Crippen LogP) is 5.95. The van der Waals surface area contributed by atoms with Crippen LogP contribution in [0.5, 0.6) is 17.2 Å². The second kappa shape index (κ2) is 8.65. The molecule has 148 valence electrons. The molecule has 4 heteroatoms. The largest absolute Gasteiger partial charge is 0.497 e. The molecule has 3 aromatic rings. The lowest BCUT2D eigenvalue weighted by molar-refractivity contribution is -0.130. The van der Waals surface area contributed by atoms with E-state index < -0.39 is 5.97 Å². The van der Waals surface area contributed by atoms with Gasteiger partial charge in [0.2, 0.25) is 0 Å². The molecule has 0 radical (unpaired) electrons. The minimum atomic E-state index is -0.432. The van der Waals surface area contributed by atoms with Crippen LogP contribution in [0.3, 0.4) is 0 Å². The number of hydrogen-bond acceptors (Lipinski definition) is 4. The highest BCUT2D eigenvalue weighted by Gasteiger charge is 2.11. The minimum Gasteiger partial charge on any atom is -0.497 e. The van der Waals surface area contributed by atoms with Crippen LogP contribution in [0.2, 0.25) is 0 Å². The van der Waals surface area contributed by atoms with Gasteiger partial charge in [-0.15, -0.1) is 0 Å². The van der Waals surface area contributed by atoms with Crippen molar-refractivity contribution >= 4 is 16.7 Å². The summed E-state index contributed by atoms with van der Waals surface area (Å²) in [7, 11) is 1.63. The van der Waals surface area contributed by atoms with E-state index >= 15 is 0 Å². The average molecular weight is 388 g/mol. The van der Waals surface area contributed by atoms with Crippen molar-refractivity contribution in [2.45, 2.75) is 13.8 Å². The van der Waals surface area contributed by atoms with Gasteiger partial charge in [0, 0.05) is 17.2 Å². The standard InChI is InChI=1S/C25H24O4/c1-16(2)15-28-24-14-21(27-5)10-11-23(24)20-7-6-19-13-22(9-8-18(19)12-20)29-25(26)17(3)4/h6-14H,1,3,15H2,2,4-5H3. The Morgan fingerprint density at radius 3 is 2.28 bits per heavy atom. The van der Waals surface area contributed by atoms with Crippen LogP contribution in [0.15, 0.2) is 78.9 Å². The maximum atomic E-state index is 11.7. The first-order valence-corrected chi connectivity index (χ1v) is 9.24. The minimum absolute atomic E-state index is 0.363. The third-order valence-electron chi connectivity index (χ3n) is 4.34. The Morgan fingerprint density at radius 2 is 1.59 bits per heavy atom. The van der Waals surface area contributed by atoms with Crippen LogP contribution in [-0.4, -0.2) is 19.7 Å². The molecule has 0 amide bonds. The zero-order valence-electron chi connectivity index (χ0n) is 17.0. The molecule has 0 saturated heterocycles. The van der Waals surface area contributed by atoms with Crippen molar-refractivity contribution in [3.05, 3.63) is 78.9 Å². The summed E-state index contributed by atoms with van der Waals surface area (Å²) in [4.78, 5) is 11.7. The molecule has 0 aliphatic heterocycles. The third-order valence-corrected chi connectivity index (χ3v) is 4.34. The smallest absolute Gasteiger partial charge is 0.338 e. The number of fused-ring (bicyclic) bond motifs is 1. The van der Waals surface area contributed by atoms with Gasteiger partial charge in [0.25, 0.3) is 0 Å². The van der Waals surface area contributed by atoms with Crippen LogP contribution in [0.1, 0.15) is 13.8 Å². The van der Waals surface area contributed by atoms with Gasteiger partial charge in [-0.1, -0.05) is 31.4 Å². The van der Waals surface area contributed by atoms with Gasteiger partial charge in [0.15, 0.2) is 0 Å². The number of carbonyl (C=O) groups excluding carboxylic acids is 1. The van der Waals surface area contributed by atoms with E-state index in [0.29, 0.717) is 17.9 Å². The maximum Gasteiger partial charge on any atom is 0.338 e. The lowest BCUT2D eigenvalue weighted by atomic mass is 10.00. The fourth-order valence-corrected chi connectivity index (χ4v) is 2.84. The van der Waals surface area contributed by atoms with Crippen molar-refractivity contribution in [2.24, 2.45) is 0 Å². The van der Waals surface area contributed by atoms with Crippen molar-refractivity contribution < 1.29 is 19.0 Å². The van der Waals surface area contributed by atoms with Crippen molar-refractivity contribution in [1.82, 2.24) is 0 Å². The van der Waals surface area contributed by atoms with Gasteiger partial charge >= 0.3 is 5.97 Å². The predicted molar refractivity (Wildman–Crippen MR) is 117 cm³/mol. The molecule has 0 atom stereocenters. The molecule has 0 saturated carbocycles. The summed E-state index contributed by atoms with van der Waals surface area (Å²) in [6, 6.07) is 17.4. The summed E-state index contributed by atoms with van der Waals surface area (Å²) < 4.78 is 16.6. The van der Waals surface area contributed by atoms with Crippen LogP contribution < -0.4 is 14.2 Å². The highest BCUT2D eigenvalue weighted by Crippen LogP contribution is 2.35. The molecule has 29 heavy (non-hydrogen) atoms. The molecule has 0 bridgehead atoms. The van der Waals surface area contributed by atoms with Crippen LogP contribution in [0, 0.1) is 0 Å². The first kappa shape index (κ1) is 20.2. The van der Waals surface area contributed by atoms with E-state index in [1.54, 1.807) is 20.1 Å². The zero-order valence-corrected chi connectivity index (χ0v) is 17.0. The fourth-order valence-electron chi connectivity index (χ4n) is 2.84. The SMILES string of the molecule is C=C(C)COc1cc(OC)ccc1-c1ccc2cc(OC(=O)C(=C)C)ccc2c1. The normalized spacial score (nSPS) is 10.4. The zero-order chi connectivity index (χ0) is 21.0. The molecule has 0 unspecified atom stereocenters. The van der Waals surface area contributed by atoms with E-state index in [1.807, 2.05) is 49.4 Å². The quantitative estimate of drug-likeness (QED) is 0.217. The summed E-state index contributed by atoms with van der Waals surface area (Å²) in [5.74, 6) is 1.53. The molecule has 0 heterocycles. The molecule has 0 spiro atoms. The molecule has 0 fully saturated rings. The van der Waals surface area contributed by atoms with E-state index in [-0.39, 0.29) is 0 Å². The Morgan fingerprint density at radius 1 is 0.897 bits per heavy atom. The number of hydrogen-bond donors (Lipinski definition) is 0. The lowest BCUT2D eigenvalue weighted by Crippen LogP contribution is -2.07. The lowest BCUT2D eigenvalue weighted by Gasteiger charge is -2.14. The van der Waals surface area contributed by atoms with Gasteiger partial charge in [-0.25, -0.2) is 4.79 Å². The molecule has 0 N–H and O–H groups in total. The van der Waals surface area contributed by atoms with Crippen molar-refractivity contribution in [1.29, 1.82) is 0 Å². The molecule has 4 nitrogen and oxygen atoms in total. The molecule has 3 rings (SSSR count). The van der Waals surface area contributed by atoms with E-state index in [4.69, 9.17) is 14.2 Å². The maximum absolute atomic E-state index is 11.7. The Labute approximate surface area is 171 Å². The molecule has 0 aromatic heterocycles. The first-order chi connectivity index (χ1) is 13.9. The third kappa shape index (κ3) is 4.85. The van der Waals surface area contributed by atoms with Gasteiger partial charge in [-0.05, 0) is 66.1 Å². The fraction of sp³-hybridized carbons (Fsp3) is 0.160. The van der Waals surface area contributed by atoms with E-state index in [9.17, 15) is 4.79 Å². The second-order valence-electron chi connectivity index (χ2n) is 7.00. The van der Waals surface area contributed by atoms with Crippen LogP contribution in [0.4, 0.5) is 0 Å². The number of rotatable bonds is 7. The Kier molecular flexibility index (Phi) is 6.03. The van der Waals surface area contributed by atoms with Gasteiger partial charge < -0.3 is 14.2 Å². The van der Waals surface area contributed by atoms with Crippen LogP contribution in [0.25, 0.3) is 21.9 Å². The Hall–Kier alpha value is -3.53. The topological polar surface area (TPSA) is 44.8 Å². The molecule has 0 aliphatic carbocycles. The van der Waals surface area contributed by atoms with Crippen LogP contribution in [-0.2, 0) is 4.79 Å². The first-order valence-electron chi connectivity index (χ1n) is 9.24. The summed E-state index contributed by atoms with van der Waals surface area (Å²) >= 11 is 0. The highest BCUT2D eigenvalue weighted by atomic mass is 16.5. The second-order valence-corrected chi connectivity index (χ2v) is 7.00. The molecule has 3 aromatic carbocycles. The van der Waals surface area contributed by atoms with E-state index in [0.717, 1.165) is 39.0 Å². The highest BCUT2D eigenvalue weighted by molar-refractivity contribution is 5.92. The molecular formula is C25H24O4. The summed E-state index contributed by atoms with van der Waals surface area (Å²) in [6.07, 6.45) is 0. The molecular weight excluding hydrogens is 364 g/mol. The number of ether oxygens (including phenoxy) is 3. The van der Waals surface area contributed by atoms with Gasteiger partial charge in [0.1, 0.15) is 23.9 Å². The summed E-state index contributed by atoms with van der Waals surface area (Å²) in [5.41, 5.74) is 3.28. The Balaban J connectivity index is 1.96. The Bertz CT molecular complexity index is 1100. The summed E-state index contributed by atoms with van der Waals surface area (Å²) in [6.45, 7) is 11.5. The monoisotopic (exact) mass is 388 g/mol. The average Bonchev–Trinajstić information content (AvgIpc) is 2.71. The van der Waals surface area contributed by atoms with Gasteiger partial charge in [0.05, 0.1) is 7.11 Å². The van der Waals surface area contributed by atoms with Gasteiger partial charge in [-0.3, -0.25) is 0 Å². The van der Waals surface area contributed by atoms with Crippen molar-refractivity contribution in [2.75, 3.05) is 13.7 Å². The molecule has 0 aliphatic rings. The van der Waals surface area contributed by atoms with E-state index in [2.05, 4.69) is 19.2 Å². The number of carbonyl (C=O) groups is 1.